The Labute approximate surface area is 207 Å². The number of carbonyl (C=O) groups is 2. The lowest BCUT2D eigenvalue weighted by Crippen LogP contribution is -2.27. The number of carboxylic acid groups (broad SMARTS) is 1. The van der Waals surface area contributed by atoms with Gasteiger partial charge in [-0.3, -0.25) is 14.6 Å². The van der Waals surface area contributed by atoms with Crippen LogP contribution in [-0.2, 0) is 24.0 Å². The number of aryl methyl sites for hydroxylation is 1. The van der Waals surface area contributed by atoms with E-state index < -0.39 is 59.9 Å². The summed E-state index contributed by atoms with van der Waals surface area (Å²) in [5.41, 5.74) is 1.72. The molecule has 0 radical (unpaired) electrons. The second kappa shape index (κ2) is 11.6. The standard InChI is InChI=1S/C21H20ClN3O11/c1-11-20(35-18(28)7-6-17(26)27)19-15(9-23-11)21(12-2-4-13(22)5-3-12)34-16(19)8-14(36-25(31)32)10-33-24(29)30/h2-5,9,14,16,21H,6-8,10H2,1H3,(H,26,27)/t14?,16-,21?/m0/s1. The van der Waals surface area contributed by atoms with Crippen molar-refractivity contribution >= 4 is 23.5 Å². The van der Waals surface area contributed by atoms with Crippen molar-refractivity contribution < 1.29 is 44.0 Å². The van der Waals surface area contributed by atoms with Gasteiger partial charge in [0.1, 0.15) is 18.8 Å². The predicted octanol–water partition coefficient (Wildman–Crippen LogP) is 3.15. The zero-order chi connectivity index (χ0) is 26.4. The van der Waals surface area contributed by atoms with Gasteiger partial charge in [-0.15, -0.1) is 20.2 Å². The van der Waals surface area contributed by atoms with E-state index in [4.69, 9.17) is 26.2 Å². The average Bonchev–Trinajstić information content (AvgIpc) is 3.16. The quantitative estimate of drug-likeness (QED) is 0.242. The molecule has 36 heavy (non-hydrogen) atoms. The van der Waals surface area contributed by atoms with Crippen molar-refractivity contribution in [3.05, 3.63) is 78.1 Å². The summed E-state index contributed by atoms with van der Waals surface area (Å²) in [5, 5.41) is 28.7. The van der Waals surface area contributed by atoms with E-state index in [1.54, 1.807) is 31.2 Å². The number of aliphatic carboxylic acids is 1. The Hall–Kier alpha value is -4.04. The summed E-state index contributed by atoms with van der Waals surface area (Å²) in [7, 11) is 0. The van der Waals surface area contributed by atoms with E-state index in [1.165, 1.54) is 6.20 Å². The van der Waals surface area contributed by atoms with Crippen LogP contribution in [0.3, 0.4) is 0 Å². The molecule has 0 aliphatic carbocycles. The second-order valence-electron chi connectivity index (χ2n) is 7.67. The van der Waals surface area contributed by atoms with Gasteiger partial charge in [-0.1, -0.05) is 23.7 Å². The first kappa shape index (κ1) is 26.6. The van der Waals surface area contributed by atoms with Crippen molar-refractivity contribution in [1.82, 2.24) is 4.98 Å². The van der Waals surface area contributed by atoms with Gasteiger partial charge in [-0.25, -0.2) is 0 Å². The number of carboxylic acids is 1. The number of ether oxygens (including phenoxy) is 2. The maximum absolute atomic E-state index is 12.3. The SMILES string of the molecule is Cc1ncc2c(c1OC(=O)CCC(=O)O)[C@H](CC(CO[N+](=O)[O-])O[N+](=O)[O-])OC2c1ccc(Cl)cc1. The fourth-order valence-electron chi connectivity index (χ4n) is 3.68. The minimum atomic E-state index is -1.41. The van der Waals surface area contributed by atoms with Crippen LogP contribution in [0.15, 0.2) is 30.5 Å². The third kappa shape index (κ3) is 6.76. The van der Waals surface area contributed by atoms with Gasteiger partial charge in [0.2, 0.25) is 0 Å². The molecule has 0 amide bonds. The second-order valence-corrected chi connectivity index (χ2v) is 8.11. The van der Waals surface area contributed by atoms with Crippen LogP contribution >= 0.6 is 11.6 Å². The third-order valence-corrected chi connectivity index (χ3v) is 5.45. The zero-order valence-electron chi connectivity index (χ0n) is 18.7. The molecule has 2 unspecified atom stereocenters. The molecule has 2 aromatic rings. The highest BCUT2D eigenvalue weighted by Gasteiger charge is 2.39. The van der Waals surface area contributed by atoms with E-state index in [0.717, 1.165) is 0 Å². The van der Waals surface area contributed by atoms with Crippen LogP contribution in [0.5, 0.6) is 5.75 Å². The lowest BCUT2D eigenvalue weighted by atomic mass is 9.96. The number of nitrogens with zero attached hydrogens (tertiary/aromatic N) is 3. The molecule has 1 aromatic heterocycles. The number of esters is 1. The summed E-state index contributed by atoms with van der Waals surface area (Å²) < 4.78 is 11.6. The van der Waals surface area contributed by atoms with Crippen molar-refractivity contribution in [3.8, 4) is 5.75 Å². The van der Waals surface area contributed by atoms with Crippen molar-refractivity contribution in [3.63, 3.8) is 0 Å². The molecule has 1 N–H and O–H groups in total. The van der Waals surface area contributed by atoms with E-state index in [0.29, 0.717) is 21.7 Å². The lowest BCUT2D eigenvalue weighted by molar-refractivity contribution is -0.790. The van der Waals surface area contributed by atoms with Crippen LogP contribution in [0.2, 0.25) is 5.02 Å². The molecule has 1 aliphatic rings. The molecule has 1 aromatic carbocycles. The van der Waals surface area contributed by atoms with E-state index in [-0.39, 0.29) is 17.9 Å². The first-order chi connectivity index (χ1) is 17.0. The third-order valence-electron chi connectivity index (χ3n) is 5.20. The highest BCUT2D eigenvalue weighted by molar-refractivity contribution is 6.30. The summed E-state index contributed by atoms with van der Waals surface area (Å²) >= 11 is 5.98. The van der Waals surface area contributed by atoms with E-state index in [9.17, 15) is 29.8 Å². The fourth-order valence-corrected chi connectivity index (χ4v) is 3.81. The highest BCUT2D eigenvalue weighted by Crippen LogP contribution is 2.49. The number of hydrogen-bond donors (Lipinski definition) is 1. The van der Waals surface area contributed by atoms with Gasteiger partial charge in [0.15, 0.2) is 5.75 Å². The van der Waals surface area contributed by atoms with Crippen LogP contribution in [-0.4, -0.2) is 44.9 Å². The maximum Gasteiger partial charge on any atom is 0.311 e. The summed E-state index contributed by atoms with van der Waals surface area (Å²) in [6.07, 6.45) is -2.80. The number of benzene rings is 1. The Morgan fingerprint density at radius 1 is 1.19 bits per heavy atom. The largest absolute Gasteiger partial charge is 0.481 e. The van der Waals surface area contributed by atoms with Gasteiger partial charge in [-0.05, 0) is 24.6 Å². The number of pyridine rings is 1. The molecule has 0 spiro atoms. The normalized spacial score (nSPS) is 17.1. The van der Waals surface area contributed by atoms with Crippen molar-refractivity contribution in [2.45, 2.75) is 44.5 Å². The number of rotatable bonds is 12. The smallest absolute Gasteiger partial charge is 0.311 e. The van der Waals surface area contributed by atoms with Crippen LogP contribution in [0.4, 0.5) is 0 Å². The number of fused-ring (bicyclic) bond motifs is 1. The van der Waals surface area contributed by atoms with Crippen LogP contribution in [0.25, 0.3) is 0 Å². The topological polar surface area (TPSA) is 190 Å². The Morgan fingerprint density at radius 3 is 2.50 bits per heavy atom. The molecule has 0 saturated heterocycles. The van der Waals surface area contributed by atoms with E-state index >= 15 is 0 Å². The molecule has 14 nitrogen and oxygen atoms in total. The summed E-state index contributed by atoms with van der Waals surface area (Å²) in [5.74, 6) is -2.02. The zero-order valence-corrected chi connectivity index (χ0v) is 19.5. The van der Waals surface area contributed by atoms with E-state index in [2.05, 4.69) is 14.7 Å². The fraction of sp³-hybridized carbons (Fsp3) is 0.381. The molecule has 3 rings (SSSR count). The van der Waals surface area contributed by atoms with Crippen LogP contribution in [0.1, 0.15) is 53.9 Å². The van der Waals surface area contributed by atoms with Gasteiger partial charge < -0.3 is 24.3 Å². The minimum absolute atomic E-state index is 0.000556. The lowest BCUT2D eigenvalue weighted by Gasteiger charge is -2.21. The minimum Gasteiger partial charge on any atom is -0.481 e. The molecule has 192 valence electrons. The van der Waals surface area contributed by atoms with Crippen LogP contribution in [0, 0.1) is 27.2 Å². The van der Waals surface area contributed by atoms with Crippen molar-refractivity contribution in [2.24, 2.45) is 0 Å². The van der Waals surface area contributed by atoms with Crippen molar-refractivity contribution in [2.75, 3.05) is 6.61 Å². The predicted molar refractivity (Wildman–Crippen MR) is 118 cm³/mol. The molecule has 0 bridgehead atoms. The number of halogens is 1. The molecule has 0 saturated carbocycles. The van der Waals surface area contributed by atoms with Gasteiger partial charge in [-0.2, -0.15) is 0 Å². The van der Waals surface area contributed by atoms with Crippen LogP contribution < -0.4 is 4.74 Å². The number of aromatic nitrogens is 1. The molecule has 2 heterocycles. The summed E-state index contributed by atoms with van der Waals surface area (Å²) in [6, 6.07) is 6.65. The highest BCUT2D eigenvalue weighted by atomic mass is 35.5. The first-order valence-electron chi connectivity index (χ1n) is 10.5. The Bertz CT molecular complexity index is 1160. The molecular weight excluding hydrogens is 506 g/mol. The monoisotopic (exact) mass is 525 g/mol. The molecule has 0 fully saturated rings. The van der Waals surface area contributed by atoms with Gasteiger partial charge in [0.25, 0.3) is 10.2 Å². The van der Waals surface area contributed by atoms with Gasteiger partial charge in [0.05, 0.1) is 24.6 Å². The first-order valence-corrected chi connectivity index (χ1v) is 10.8. The molecule has 1 aliphatic heterocycles. The Balaban J connectivity index is 2.00. The molecule has 15 heteroatoms. The number of hydrogen-bond acceptors (Lipinski definition) is 11. The summed E-state index contributed by atoms with van der Waals surface area (Å²) in [6.45, 7) is 0.792. The Morgan fingerprint density at radius 2 is 1.89 bits per heavy atom. The Kier molecular flexibility index (Phi) is 8.55. The average molecular weight is 526 g/mol. The summed E-state index contributed by atoms with van der Waals surface area (Å²) in [4.78, 5) is 57.8. The molecular formula is C21H20ClN3O11. The van der Waals surface area contributed by atoms with Crippen molar-refractivity contribution in [1.29, 1.82) is 0 Å². The maximum atomic E-state index is 12.3. The van der Waals surface area contributed by atoms with Gasteiger partial charge >= 0.3 is 11.9 Å². The van der Waals surface area contributed by atoms with E-state index in [1.807, 2.05) is 0 Å². The van der Waals surface area contributed by atoms with Gasteiger partial charge in [0, 0.05) is 28.8 Å². The number of carbonyl (C=O) groups excluding carboxylic acids is 1. The molecule has 3 atom stereocenters.